The van der Waals surface area contributed by atoms with Crippen molar-refractivity contribution >= 4 is 11.6 Å². The SMILES string of the molecule is CC(C)=CC[C@@H](O)[C@]1(O)C(O)=C(C(=O)C(C)C)C(=O)[C@H]1CC=C(C)C. The smallest absolute Gasteiger partial charge is 0.176 e. The van der Waals surface area contributed by atoms with Crippen molar-refractivity contribution in [2.75, 3.05) is 0 Å². The van der Waals surface area contributed by atoms with E-state index in [0.29, 0.717) is 0 Å². The molecular formula is C20H30O5. The predicted molar refractivity (Wildman–Crippen MR) is 97.0 cm³/mol. The highest BCUT2D eigenvalue weighted by Gasteiger charge is 2.58. The van der Waals surface area contributed by atoms with Gasteiger partial charge < -0.3 is 15.3 Å². The van der Waals surface area contributed by atoms with Gasteiger partial charge in [0.05, 0.1) is 12.0 Å². The molecule has 0 heterocycles. The van der Waals surface area contributed by atoms with Gasteiger partial charge in [0, 0.05) is 5.92 Å². The molecule has 3 N–H and O–H groups in total. The van der Waals surface area contributed by atoms with Crippen molar-refractivity contribution < 1.29 is 24.9 Å². The van der Waals surface area contributed by atoms with Crippen LogP contribution in [0.15, 0.2) is 34.6 Å². The molecule has 0 fully saturated rings. The molecule has 0 saturated carbocycles. The third-order valence-electron chi connectivity index (χ3n) is 4.50. The van der Waals surface area contributed by atoms with E-state index in [0.717, 1.165) is 11.1 Å². The highest BCUT2D eigenvalue weighted by atomic mass is 16.4. The van der Waals surface area contributed by atoms with Gasteiger partial charge in [-0.05, 0) is 40.5 Å². The fourth-order valence-corrected chi connectivity index (χ4v) is 2.94. The Morgan fingerprint density at radius 2 is 1.68 bits per heavy atom. The van der Waals surface area contributed by atoms with Crippen LogP contribution in [-0.2, 0) is 9.59 Å². The van der Waals surface area contributed by atoms with Gasteiger partial charge in [-0.15, -0.1) is 0 Å². The standard InChI is InChI=1S/C20H30O5/c1-11(2)7-9-14-18(23)16(17(22)13(5)6)19(24)20(14,25)15(21)10-8-12(3)4/h7-8,13-15,21,24-25H,9-10H2,1-6H3/t14-,15-,20+/m1/s1. The molecule has 0 aliphatic heterocycles. The van der Waals surface area contributed by atoms with E-state index >= 15 is 0 Å². The second kappa shape index (κ2) is 8.11. The summed E-state index contributed by atoms with van der Waals surface area (Å²) in [4.78, 5) is 25.1. The second-order valence-electron chi connectivity index (χ2n) is 7.53. The fraction of sp³-hybridized carbons (Fsp3) is 0.600. The normalized spacial score (nSPS) is 24.5. The van der Waals surface area contributed by atoms with Gasteiger partial charge in [-0.1, -0.05) is 37.1 Å². The highest BCUT2D eigenvalue weighted by Crippen LogP contribution is 2.43. The van der Waals surface area contributed by atoms with Crippen LogP contribution in [0.1, 0.15) is 54.4 Å². The van der Waals surface area contributed by atoms with E-state index in [1.165, 1.54) is 0 Å². The summed E-state index contributed by atoms with van der Waals surface area (Å²) < 4.78 is 0. The van der Waals surface area contributed by atoms with Crippen molar-refractivity contribution in [1.29, 1.82) is 0 Å². The third-order valence-corrected chi connectivity index (χ3v) is 4.50. The first-order valence-corrected chi connectivity index (χ1v) is 8.63. The molecule has 0 bridgehead atoms. The van der Waals surface area contributed by atoms with Crippen LogP contribution in [0, 0.1) is 11.8 Å². The van der Waals surface area contributed by atoms with E-state index in [9.17, 15) is 24.9 Å². The zero-order valence-corrected chi connectivity index (χ0v) is 16.0. The maximum atomic E-state index is 12.8. The van der Waals surface area contributed by atoms with Crippen LogP contribution in [0.3, 0.4) is 0 Å². The van der Waals surface area contributed by atoms with Gasteiger partial charge in [-0.25, -0.2) is 0 Å². The molecule has 0 aromatic carbocycles. The highest BCUT2D eigenvalue weighted by molar-refractivity contribution is 6.24. The molecule has 140 valence electrons. The fourth-order valence-electron chi connectivity index (χ4n) is 2.94. The Morgan fingerprint density at radius 1 is 1.16 bits per heavy atom. The molecule has 3 atom stereocenters. The van der Waals surface area contributed by atoms with E-state index in [-0.39, 0.29) is 18.4 Å². The topological polar surface area (TPSA) is 94.8 Å². The molecule has 0 saturated heterocycles. The largest absolute Gasteiger partial charge is 0.508 e. The van der Waals surface area contributed by atoms with Gasteiger partial charge in [0.15, 0.2) is 17.2 Å². The van der Waals surface area contributed by atoms with E-state index in [2.05, 4.69) is 0 Å². The maximum absolute atomic E-state index is 12.8. The molecule has 0 aromatic rings. The molecule has 1 aliphatic carbocycles. The van der Waals surface area contributed by atoms with Crippen LogP contribution >= 0.6 is 0 Å². The number of Topliss-reactive ketones (excluding diaryl/α,β-unsaturated/α-hetero) is 2. The Kier molecular flexibility index (Phi) is 6.91. The predicted octanol–water partition coefficient (Wildman–Crippen LogP) is 3.03. The minimum Gasteiger partial charge on any atom is -0.508 e. The summed E-state index contributed by atoms with van der Waals surface area (Å²) in [7, 11) is 0. The molecule has 1 rings (SSSR count). The quantitative estimate of drug-likeness (QED) is 0.484. The maximum Gasteiger partial charge on any atom is 0.176 e. The molecule has 0 aromatic heterocycles. The van der Waals surface area contributed by atoms with Gasteiger partial charge >= 0.3 is 0 Å². The Morgan fingerprint density at radius 3 is 2.12 bits per heavy atom. The van der Waals surface area contributed by atoms with E-state index in [4.69, 9.17) is 0 Å². The van der Waals surface area contributed by atoms with Crippen molar-refractivity contribution in [2.45, 2.75) is 66.1 Å². The number of hydrogen-bond acceptors (Lipinski definition) is 5. The zero-order valence-electron chi connectivity index (χ0n) is 16.0. The molecule has 0 amide bonds. The minimum atomic E-state index is -2.16. The number of ketones is 2. The Bertz CT molecular complexity index is 630. The summed E-state index contributed by atoms with van der Waals surface area (Å²) in [5.74, 6) is -3.40. The monoisotopic (exact) mass is 350 g/mol. The average Bonchev–Trinajstić information content (AvgIpc) is 2.69. The van der Waals surface area contributed by atoms with Crippen LogP contribution < -0.4 is 0 Å². The molecule has 1 aliphatic rings. The van der Waals surface area contributed by atoms with E-state index in [1.807, 2.05) is 27.7 Å². The van der Waals surface area contributed by atoms with Gasteiger partial charge in [0.25, 0.3) is 0 Å². The molecule has 0 radical (unpaired) electrons. The average molecular weight is 350 g/mol. The minimum absolute atomic E-state index is 0.0741. The summed E-state index contributed by atoms with van der Waals surface area (Å²) >= 11 is 0. The lowest BCUT2D eigenvalue weighted by Gasteiger charge is -2.33. The summed E-state index contributed by atoms with van der Waals surface area (Å²) in [6, 6.07) is 0. The Hall–Kier alpha value is -1.72. The first kappa shape index (κ1) is 21.3. The third kappa shape index (κ3) is 4.28. The first-order chi connectivity index (χ1) is 11.4. The van der Waals surface area contributed by atoms with Crippen molar-refractivity contribution in [3.05, 3.63) is 34.6 Å². The number of aliphatic hydroxyl groups is 3. The van der Waals surface area contributed by atoms with Crippen LogP contribution in [0.4, 0.5) is 0 Å². The molecule has 5 nitrogen and oxygen atoms in total. The van der Waals surface area contributed by atoms with Crippen LogP contribution in [0.2, 0.25) is 0 Å². The van der Waals surface area contributed by atoms with Crippen molar-refractivity contribution in [2.24, 2.45) is 11.8 Å². The molecule has 5 heteroatoms. The van der Waals surface area contributed by atoms with Crippen LogP contribution in [0.5, 0.6) is 0 Å². The van der Waals surface area contributed by atoms with E-state index in [1.54, 1.807) is 26.0 Å². The number of aliphatic hydroxyl groups excluding tert-OH is 2. The number of carbonyl (C=O) groups excluding carboxylic acids is 2. The van der Waals surface area contributed by atoms with Crippen molar-refractivity contribution in [1.82, 2.24) is 0 Å². The van der Waals surface area contributed by atoms with Gasteiger partial charge in [-0.3, -0.25) is 9.59 Å². The van der Waals surface area contributed by atoms with Crippen molar-refractivity contribution in [3.8, 4) is 0 Å². The van der Waals surface area contributed by atoms with E-state index < -0.39 is 40.9 Å². The van der Waals surface area contributed by atoms with Gasteiger partial charge in [-0.2, -0.15) is 0 Å². The second-order valence-corrected chi connectivity index (χ2v) is 7.53. The molecular weight excluding hydrogens is 320 g/mol. The number of allylic oxidation sites excluding steroid dienone is 4. The summed E-state index contributed by atoms with van der Waals surface area (Å²) in [5, 5.41) is 32.2. The molecule has 25 heavy (non-hydrogen) atoms. The summed E-state index contributed by atoms with van der Waals surface area (Å²) in [5.41, 5.74) is -0.651. The van der Waals surface area contributed by atoms with Crippen LogP contribution in [-0.4, -0.2) is 38.6 Å². The first-order valence-electron chi connectivity index (χ1n) is 8.63. The number of carbonyl (C=O) groups is 2. The number of hydrogen-bond donors (Lipinski definition) is 3. The van der Waals surface area contributed by atoms with Gasteiger partial charge in [0.2, 0.25) is 0 Å². The number of rotatable bonds is 7. The molecule has 0 unspecified atom stereocenters. The van der Waals surface area contributed by atoms with Gasteiger partial charge in [0.1, 0.15) is 11.3 Å². The summed E-state index contributed by atoms with van der Waals surface area (Å²) in [6.45, 7) is 10.6. The lowest BCUT2D eigenvalue weighted by Crippen LogP contribution is -2.49. The Labute approximate surface area is 149 Å². The lowest BCUT2D eigenvalue weighted by molar-refractivity contribution is -0.134. The summed E-state index contributed by atoms with van der Waals surface area (Å²) in [6.07, 6.45) is 2.31. The lowest BCUT2D eigenvalue weighted by atomic mass is 9.80. The van der Waals surface area contributed by atoms with Crippen molar-refractivity contribution in [3.63, 3.8) is 0 Å². The zero-order chi connectivity index (χ0) is 19.5. The Balaban J connectivity index is 3.42. The molecule has 0 spiro atoms. The van der Waals surface area contributed by atoms with Crippen LogP contribution in [0.25, 0.3) is 0 Å².